The number of nitrogens with one attached hydrogen (secondary N) is 3. The zero-order valence-corrected chi connectivity index (χ0v) is 18.6. The van der Waals surface area contributed by atoms with Crippen LogP contribution in [-0.4, -0.2) is 30.3 Å². The van der Waals surface area contributed by atoms with E-state index in [-0.39, 0.29) is 16.5 Å². The molecule has 0 spiro atoms. The van der Waals surface area contributed by atoms with Gasteiger partial charge in [0.1, 0.15) is 11.6 Å². The van der Waals surface area contributed by atoms with Crippen molar-refractivity contribution < 1.29 is 17.6 Å². The van der Waals surface area contributed by atoms with Crippen LogP contribution in [0.15, 0.2) is 58.2 Å². The van der Waals surface area contributed by atoms with Crippen LogP contribution in [0.25, 0.3) is 11.4 Å². The van der Waals surface area contributed by atoms with E-state index in [2.05, 4.69) is 20.0 Å². The van der Waals surface area contributed by atoms with Crippen LogP contribution in [0.4, 0.5) is 10.1 Å². The zero-order valence-electron chi connectivity index (χ0n) is 17.8. The Morgan fingerprint density at radius 2 is 1.91 bits per heavy atom. The van der Waals surface area contributed by atoms with Crippen molar-refractivity contribution in [2.45, 2.75) is 38.1 Å². The highest BCUT2D eigenvalue weighted by Crippen LogP contribution is 2.21. The summed E-state index contributed by atoms with van der Waals surface area (Å²) in [5, 5.41) is 2.56. The first kappa shape index (κ1) is 23.3. The third-order valence-corrected chi connectivity index (χ3v) is 6.09. The van der Waals surface area contributed by atoms with E-state index in [4.69, 9.17) is 0 Å². The molecule has 32 heavy (non-hydrogen) atoms. The highest BCUT2D eigenvalue weighted by Gasteiger charge is 2.20. The molecular weight excluding hydrogens is 435 g/mol. The second-order valence-electron chi connectivity index (χ2n) is 7.39. The Labute approximate surface area is 185 Å². The molecule has 0 radical (unpaired) electrons. The molecular formula is C22H23FN4O4S. The molecule has 8 nitrogen and oxygen atoms in total. The summed E-state index contributed by atoms with van der Waals surface area (Å²) < 4.78 is 41.4. The van der Waals surface area contributed by atoms with Gasteiger partial charge in [0.05, 0.1) is 10.5 Å². The summed E-state index contributed by atoms with van der Waals surface area (Å²) in [6.07, 6.45) is 0.581. The number of H-pyrrole nitrogens is 1. The van der Waals surface area contributed by atoms with Gasteiger partial charge in [-0.25, -0.2) is 22.5 Å². The van der Waals surface area contributed by atoms with Crippen molar-refractivity contribution in [3.63, 3.8) is 0 Å². The Morgan fingerprint density at radius 1 is 1.16 bits per heavy atom. The van der Waals surface area contributed by atoms with Gasteiger partial charge in [-0.3, -0.25) is 9.59 Å². The van der Waals surface area contributed by atoms with Gasteiger partial charge < -0.3 is 10.3 Å². The highest BCUT2D eigenvalue weighted by atomic mass is 32.2. The summed E-state index contributed by atoms with van der Waals surface area (Å²) in [5.41, 5.74) is 0.782. The molecule has 0 fully saturated rings. The molecule has 3 rings (SSSR count). The molecule has 10 heteroatoms. The number of aromatic nitrogens is 2. The number of hydrogen-bond donors (Lipinski definition) is 3. The van der Waals surface area contributed by atoms with Crippen molar-refractivity contribution in [2.75, 3.05) is 5.32 Å². The lowest BCUT2D eigenvalue weighted by Gasteiger charge is -2.12. The topological polar surface area (TPSA) is 121 Å². The minimum Gasteiger partial charge on any atom is -0.322 e. The summed E-state index contributed by atoms with van der Waals surface area (Å²) in [5.74, 6) is -1.33. The van der Waals surface area contributed by atoms with E-state index in [0.717, 1.165) is 18.2 Å². The second-order valence-corrected chi connectivity index (χ2v) is 9.11. The third kappa shape index (κ3) is 5.45. The SMILES string of the molecule is CCc1cc(=O)[nH]c(-c2cccc(NC(=O)c3cc(S(=O)(=O)NC(C)C)ccc3F)c2)n1. The third-order valence-electron chi connectivity index (χ3n) is 4.43. The highest BCUT2D eigenvalue weighted by molar-refractivity contribution is 7.89. The number of anilines is 1. The van der Waals surface area contributed by atoms with Gasteiger partial charge >= 0.3 is 0 Å². The number of carbonyl (C=O) groups is 1. The Hall–Kier alpha value is -3.37. The predicted octanol–water partition coefficient (Wildman–Crippen LogP) is 3.08. The first-order chi connectivity index (χ1) is 15.1. The molecule has 1 amide bonds. The summed E-state index contributed by atoms with van der Waals surface area (Å²) in [6, 6.07) is 10.6. The van der Waals surface area contributed by atoms with Gasteiger partial charge in [-0.1, -0.05) is 19.1 Å². The van der Waals surface area contributed by atoms with E-state index in [1.54, 1.807) is 38.1 Å². The molecule has 168 valence electrons. The predicted molar refractivity (Wildman–Crippen MR) is 119 cm³/mol. The van der Waals surface area contributed by atoms with Gasteiger partial charge in [-0.15, -0.1) is 0 Å². The fourth-order valence-electron chi connectivity index (χ4n) is 2.99. The number of rotatable bonds is 7. The van der Waals surface area contributed by atoms with Crippen LogP contribution in [-0.2, 0) is 16.4 Å². The quantitative estimate of drug-likeness (QED) is 0.502. The van der Waals surface area contributed by atoms with Crippen molar-refractivity contribution in [3.05, 3.63) is 76.0 Å². The Bertz CT molecular complexity index is 1320. The van der Waals surface area contributed by atoms with Gasteiger partial charge in [0, 0.05) is 29.1 Å². The number of sulfonamides is 1. The van der Waals surface area contributed by atoms with Crippen LogP contribution < -0.4 is 15.6 Å². The average Bonchev–Trinajstić information content (AvgIpc) is 2.72. The first-order valence-corrected chi connectivity index (χ1v) is 11.4. The van der Waals surface area contributed by atoms with Gasteiger partial charge in [-0.2, -0.15) is 0 Å². The molecule has 0 atom stereocenters. The maximum atomic E-state index is 14.3. The number of aryl methyl sites for hydroxylation is 1. The zero-order chi connectivity index (χ0) is 23.5. The van der Waals surface area contributed by atoms with Gasteiger partial charge in [0.15, 0.2) is 0 Å². The lowest BCUT2D eigenvalue weighted by atomic mass is 10.1. The van der Waals surface area contributed by atoms with E-state index in [1.807, 2.05) is 6.92 Å². The maximum Gasteiger partial charge on any atom is 0.258 e. The monoisotopic (exact) mass is 458 g/mol. The summed E-state index contributed by atoms with van der Waals surface area (Å²) in [4.78, 5) is 31.3. The lowest BCUT2D eigenvalue weighted by molar-refractivity contribution is 0.102. The van der Waals surface area contributed by atoms with Crippen LogP contribution in [0.1, 0.15) is 36.8 Å². The maximum absolute atomic E-state index is 14.3. The van der Waals surface area contributed by atoms with Crippen LogP contribution in [0, 0.1) is 5.82 Å². The second kappa shape index (κ2) is 9.41. The molecule has 0 aliphatic heterocycles. The Kier molecular flexibility index (Phi) is 6.85. The summed E-state index contributed by atoms with van der Waals surface area (Å²) >= 11 is 0. The molecule has 0 saturated carbocycles. The number of benzene rings is 2. The minimum absolute atomic E-state index is 0.218. The van der Waals surface area contributed by atoms with Crippen LogP contribution >= 0.6 is 0 Å². The number of amides is 1. The lowest BCUT2D eigenvalue weighted by Crippen LogP contribution is -2.30. The minimum atomic E-state index is -3.90. The Morgan fingerprint density at radius 3 is 2.59 bits per heavy atom. The number of halogens is 1. The normalized spacial score (nSPS) is 11.5. The fourth-order valence-corrected chi connectivity index (χ4v) is 4.27. The summed E-state index contributed by atoms with van der Waals surface area (Å²) in [7, 11) is -3.90. The fraction of sp³-hybridized carbons (Fsp3) is 0.227. The average molecular weight is 459 g/mol. The smallest absolute Gasteiger partial charge is 0.258 e. The van der Waals surface area contributed by atoms with Crippen LogP contribution in [0.3, 0.4) is 0 Å². The molecule has 3 aromatic rings. The van der Waals surface area contributed by atoms with Gasteiger partial charge in [-0.05, 0) is 50.6 Å². The molecule has 1 aromatic heterocycles. The van der Waals surface area contributed by atoms with Crippen molar-refractivity contribution in [2.24, 2.45) is 0 Å². The molecule has 2 aromatic carbocycles. The molecule has 3 N–H and O–H groups in total. The van der Waals surface area contributed by atoms with Gasteiger partial charge in [0.2, 0.25) is 10.0 Å². The van der Waals surface area contributed by atoms with Crippen LogP contribution in [0.2, 0.25) is 0 Å². The first-order valence-electron chi connectivity index (χ1n) is 9.93. The number of hydrogen-bond acceptors (Lipinski definition) is 5. The largest absolute Gasteiger partial charge is 0.322 e. The molecule has 0 bridgehead atoms. The number of nitrogens with zero attached hydrogens (tertiary/aromatic N) is 1. The Balaban J connectivity index is 1.90. The van der Waals surface area contributed by atoms with E-state index < -0.39 is 27.3 Å². The molecule has 0 saturated heterocycles. The van der Waals surface area contributed by atoms with Crippen molar-refractivity contribution >= 4 is 21.6 Å². The van der Waals surface area contributed by atoms with Crippen LogP contribution in [0.5, 0.6) is 0 Å². The number of aromatic amines is 1. The van der Waals surface area contributed by atoms with Crippen molar-refractivity contribution in [1.82, 2.24) is 14.7 Å². The molecule has 0 aliphatic carbocycles. The van der Waals surface area contributed by atoms with Crippen molar-refractivity contribution in [1.29, 1.82) is 0 Å². The molecule has 0 unspecified atom stereocenters. The standard InChI is InChI=1S/C22H23FN4O4S/c1-4-15-11-20(28)26-21(24-15)14-6-5-7-16(10-14)25-22(29)18-12-17(8-9-19(18)23)32(30,31)27-13(2)3/h5-13,27H,4H2,1-3H3,(H,25,29)(H,24,26,28). The number of carbonyl (C=O) groups excluding carboxylic acids is 1. The van der Waals surface area contributed by atoms with E-state index in [0.29, 0.717) is 29.2 Å². The molecule has 0 aliphatic rings. The summed E-state index contributed by atoms with van der Waals surface area (Å²) in [6.45, 7) is 5.18. The van der Waals surface area contributed by atoms with Gasteiger partial charge in [0.25, 0.3) is 11.5 Å². The van der Waals surface area contributed by atoms with E-state index >= 15 is 0 Å². The van der Waals surface area contributed by atoms with Crippen molar-refractivity contribution in [3.8, 4) is 11.4 Å². The van der Waals surface area contributed by atoms with E-state index in [9.17, 15) is 22.4 Å². The molecule has 1 heterocycles. The van der Waals surface area contributed by atoms with E-state index in [1.165, 1.54) is 6.07 Å².